The van der Waals surface area contributed by atoms with Gasteiger partial charge >= 0.3 is 0 Å². The summed E-state index contributed by atoms with van der Waals surface area (Å²) in [7, 11) is 0. The van der Waals surface area contributed by atoms with E-state index in [9.17, 15) is 4.79 Å². The smallest absolute Gasteiger partial charge is 0.220 e. The Kier molecular flexibility index (Phi) is 5.90. The topological polar surface area (TPSA) is 64.3 Å². The van der Waals surface area contributed by atoms with Crippen LogP contribution in [-0.4, -0.2) is 18.6 Å². The molecule has 1 amide bonds. The van der Waals surface area contributed by atoms with Crippen LogP contribution in [0.2, 0.25) is 0 Å². The second-order valence-electron chi connectivity index (χ2n) is 5.79. The van der Waals surface area contributed by atoms with Crippen LogP contribution in [-0.2, 0) is 4.79 Å². The van der Waals surface area contributed by atoms with Gasteiger partial charge in [0.1, 0.15) is 5.75 Å². The summed E-state index contributed by atoms with van der Waals surface area (Å²) in [6, 6.07) is 8.55. The van der Waals surface area contributed by atoms with Crippen molar-refractivity contribution >= 4 is 11.6 Å². The SMILES string of the molecule is CCC1CCCCC1Nc1ccc(OCCC(N)=O)cc1. The van der Waals surface area contributed by atoms with Crippen LogP contribution in [0.3, 0.4) is 0 Å². The lowest BCUT2D eigenvalue weighted by atomic mass is 9.83. The zero-order valence-corrected chi connectivity index (χ0v) is 12.8. The molecule has 1 aromatic rings. The molecule has 3 N–H and O–H groups in total. The molecule has 0 saturated heterocycles. The minimum atomic E-state index is -0.337. The third-order valence-corrected chi connectivity index (χ3v) is 4.26. The van der Waals surface area contributed by atoms with E-state index in [1.54, 1.807) is 0 Å². The Hall–Kier alpha value is -1.71. The van der Waals surface area contributed by atoms with E-state index in [0.717, 1.165) is 17.4 Å². The van der Waals surface area contributed by atoms with Gasteiger partial charge in [-0.3, -0.25) is 4.79 Å². The third kappa shape index (κ3) is 4.96. The summed E-state index contributed by atoms with van der Waals surface area (Å²) in [5.74, 6) is 1.22. The first-order chi connectivity index (χ1) is 10.2. The van der Waals surface area contributed by atoms with Gasteiger partial charge < -0.3 is 15.8 Å². The van der Waals surface area contributed by atoms with Crippen LogP contribution in [0.4, 0.5) is 5.69 Å². The summed E-state index contributed by atoms with van der Waals surface area (Å²) in [6.07, 6.45) is 6.77. The number of hydrogen-bond acceptors (Lipinski definition) is 3. The summed E-state index contributed by atoms with van der Waals surface area (Å²) in [6.45, 7) is 2.61. The maximum absolute atomic E-state index is 10.7. The van der Waals surface area contributed by atoms with E-state index in [1.807, 2.05) is 24.3 Å². The maximum Gasteiger partial charge on any atom is 0.220 e. The Labute approximate surface area is 127 Å². The normalized spacial score (nSPS) is 21.8. The van der Waals surface area contributed by atoms with Crippen molar-refractivity contribution in [3.63, 3.8) is 0 Å². The summed E-state index contributed by atoms with van der Waals surface area (Å²) in [5.41, 5.74) is 6.22. The first-order valence-electron chi connectivity index (χ1n) is 7.96. The van der Waals surface area contributed by atoms with E-state index in [-0.39, 0.29) is 12.3 Å². The van der Waals surface area contributed by atoms with Crippen molar-refractivity contribution in [2.75, 3.05) is 11.9 Å². The van der Waals surface area contributed by atoms with E-state index in [4.69, 9.17) is 10.5 Å². The Morgan fingerprint density at radius 1 is 1.29 bits per heavy atom. The Bertz CT molecular complexity index is 445. The molecule has 0 aromatic heterocycles. The fraction of sp³-hybridized carbons (Fsp3) is 0.588. The molecular formula is C17H26N2O2. The fourth-order valence-electron chi connectivity index (χ4n) is 3.02. The molecule has 21 heavy (non-hydrogen) atoms. The van der Waals surface area contributed by atoms with Crippen LogP contribution < -0.4 is 15.8 Å². The van der Waals surface area contributed by atoms with Crippen LogP contribution in [0.15, 0.2) is 24.3 Å². The quantitative estimate of drug-likeness (QED) is 0.809. The number of rotatable bonds is 7. The van der Waals surface area contributed by atoms with E-state index in [2.05, 4.69) is 12.2 Å². The highest BCUT2D eigenvalue weighted by Gasteiger charge is 2.23. The van der Waals surface area contributed by atoms with Gasteiger partial charge in [-0.25, -0.2) is 0 Å². The van der Waals surface area contributed by atoms with Gasteiger partial charge in [0.05, 0.1) is 13.0 Å². The number of carbonyl (C=O) groups excluding carboxylic acids is 1. The van der Waals surface area contributed by atoms with Crippen LogP contribution in [0.25, 0.3) is 0 Å². The predicted octanol–water partition coefficient (Wildman–Crippen LogP) is 3.32. The van der Waals surface area contributed by atoms with Gasteiger partial charge in [-0.05, 0) is 43.0 Å². The van der Waals surface area contributed by atoms with Crippen molar-refractivity contribution in [3.8, 4) is 5.75 Å². The number of primary amides is 1. The maximum atomic E-state index is 10.7. The molecule has 1 aromatic carbocycles. The van der Waals surface area contributed by atoms with Crippen molar-refractivity contribution in [1.29, 1.82) is 0 Å². The second kappa shape index (κ2) is 7.91. The number of benzene rings is 1. The lowest BCUT2D eigenvalue weighted by Crippen LogP contribution is -2.31. The summed E-state index contributed by atoms with van der Waals surface area (Å²) >= 11 is 0. The second-order valence-corrected chi connectivity index (χ2v) is 5.79. The zero-order valence-electron chi connectivity index (χ0n) is 12.8. The largest absolute Gasteiger partial charge is 0.493 e. The third-order valence-electron chi connectivity index (χ3n) is 4.26. The van der Waals surface area contributed by atoms with E-state index in [1.165, 1.54) is 32.1 Å². The summed E-state index contributed by atoms with van der Waals surface area (Å²) in [4.78, 5) is 10.7. The van der Waals surface area contributed by atoms with Gasteiger partial charge in [-0.1, -0.05) is 26.2 Å². The minimum absolute atomic E-state index is 0.250. The van der Waals surface area contributed by atoms with Gasteiger partial charge in [0.25, 0.3) is 0 Å². The average Bonchev–Trinajstić information content (AvgIpc) is 2.49. The van der Waals surface area contributed by atoms with Crippen LogP contribution in [0, 0.1) is 5.92 Å². The standard InChI is InChI=1S/C17H26N2O2/c1-2-13-5-3-4-6-16(13)19-14-7-9-15(10-8-14)21-12-11-17(18)20/h7-10,13,16,19H,2-6,11-12H2,1H3,(H2,18,20). The molecule has 1 aliphatic carbocycles. The monoisotopic (exact) mass is 290 g/mol. The molecule has 0 bridgehead atoms. The van der Waals surface area contributed by atoms with Gasteiger partial charge in [0.15, 0.2) is 0 Å². The van der Waals surface area contributed by atoms with Gasteiger partial charge in [0, 0.05) is 11.7 Å². The number of nitrogens with one attached hydrogen (secondary N) is 1. The Balaban J connectivity index is 1.85. The minimum Gasteiger partial charge on any atom is -0.493 e. The molecule has 116 valence electrons. The summed E-state index contributed by atoms with van der Waals surface area (Å²) in [5, 5.41) is 3.65. The Morgan fingerprint density at radius 3 is 2.67 bits per heavy atom. The highest BCUT2D eigenvalue weighted by Crippen LogP contribution is 2.29. The number of hydrogen-bond donors (Lipinski definition) is 2. The highest BCUT2D eigenvalue weighted by molar-refractivity contribution is 5.73. The molecule has 1 fully saturated rings. The molecule has 4 heteroatoms. The number of amides is 1. The van der Waals surface area contributed by atoms with Crippen LogP contribution in [0.5, 0.6) is 5.75 Å². The van der Waals surface area contributed by atoms with Crippen molar-refractivity contribution in [2.45, 2.75) is 51.5 Å². The molecule has 1 aliphatic rings. The summed E-state index contributed by atoms with van der Waals surface area (Å²) < 4.78 is 5.48. The van der Waals surface area contributed by atoms with Gasteiger partial charge in [-0.15, -0.1) is 0 Å². The van der Waals surface area contributed by atoms with Gasteiger partial charge in [-0.2, -0.15) is 0 Å². The molecule has 0 spiro atoms. The van der Waals surface area contributed by atoms with Crippen LogP contribution >= 0.6 is 0 Å². The van der Waals surface area contributed by atoms with E-state index < -0.39 is 0 Å². The lowest BCUT2D eigenvalue weighted by molar-refractivity contribution is -0.118. The molecule has 2 rings (SSSR count). The first kappa shape index (κ1) is 15.7. The van der Waals surface area contributed by atoms with E-state index >= 15 is 0 Å². The molecule has 2 atom stereocenters. The van der Waals surface area contributed by atoms with Gasteiger partial charge in [0.2, 0.25) is 5.91 Å². The molecule has 4 nitrogen and oxygen atoms in total. The lowest BCUT2D eigenvalue weighted by Gasteiger charge is -2.32. The molecular weight excluding hydrogens is 264 g/mol. The van der Waals surface area contributed by atoms with Crippen molar-refractivity contribution in [3.05, 3.63) is 24.3 Å². The van der Waals surface area contributed by atoms with Crippen molar-refractivity contribution in [1.82, 2.24) is 0 Å². The van der Waals surface area contributed by atoms with Crippen LogP contribution in [0.1, 0.15) is 45.4 Å². The molecule has 1 saturated carbocycles. The number of nitrogens with two attached hydrogens (primary N) is 1. The number of carbonyl (C=O) groups is 1. The molecule has 2 unspecified atom stereocenters. The Morgan fingerprint density at radius 2 is 2.00 bits per heavy atom. The van der Waals surface area contributed by atoms with Crippen molar-refractivity contribution in [2.24, 2.45) is 11.7 Å². The number of anilines is 1. The highest BCUT2D eigenvalue weighted by atomic mass is 16.5. The van der Waals surface area contributed by atoms with Crippen molar-refractivity contribution < 1.29 is 9.53 Å². The molecule has 0 aliphatic heterocycles. The average molecular weight is 290 g/mol. The molecule has 0 radical (unpaired) electrons. The first-order valence-corrected chi connectivity index (χ1v) is 7.96. The predicted molar refractivity (Wildman–Crippen MR) is 85.4 cm³/mol. The zero-order chi connectivity index (χ0) is 15.1. The number of ether oxygens (including phenoxy) is 1. The fourth-order valence-corrected chi connectivity index (χ4v) is 3.02. The molecule has 0 heterocycles. The van der Waals surface area contributed by atoms with E-state index in [0.29, 0.717) is 12.6 Å².